The van der Waals surface area contributed by atoms with Gasteiger partial charge < -0.3 is 14.8 Å². The van der Waals surface area contributed by atoms with Gasteiger partial charge in [-0.05, 0) is 42.7 Å². The minimum atomic E-state index is -0.382. The molecule has 0 bridgehead atoms. The van der Waals surface area contributed by atoms with E-state index in [1.807, 2.05) is 32.0 Å². The first kappa shape index (κ1) is 17.5. The summed E-state index contributed by atoms with van der Waals surface area (Å²) in [5.41, 5.74) is 3.37. The Morgan fingerprint density at radius 3 is 2.21 bits per heavy atom. The summed E-state index contributed by atoms with van der Waals surface area (Å²) in [7, 11) is 1.34. The van der Waals surface area contributed by atoms with Crippen LogP contribution in [0, 0.1) is 13.8 Å². The molecule has 126 valence electrons. The maximum absolute atomic E-state index is 11.9. The number of amides is 1. The molecule has 0 aliphatic carbocycles. The fourth-order valence-corrected chi connectivity index (χ4v) is 2.29. The first-order valence-electron chi connectivity index (χ1n) is 7.64. The molecular weight excluding hydrogens is 306 g/mol. The van der Waals surface area contributed by atoms with Gasteiger partial charge in [0.05, 0.1) is 12.7 Å². The van der Waals surface area contributed by atoms with Crippen molar-refractivity contribution in [3.63, 3.8) is 0 Å². The Balaban J connectivity index is 1.84. The van der Waals surface area contributed by atoms with Crippen molar-refractivity contribution in [1.82, 2.24) is 5.32 Å². The number of methoxy groups -OCH3 is 1. The second-order valence-corrected chi connectivity index (χ2v) is 5.47. The van der Waals surface area contributed by atoms with Crippen LogP contribution in [0.2, 0.25) is 0 Å². The number of hydrogen-bond donors (Lipinski definition) is 1. The third-order valence-corrected chi connectivity index (χ3v) is 3.62. The number of carbonyl (C=O) groups excluding carboxylic acids is 2. The summed E-state index contributed by atoms with van der Waals surface area (Å²) < 4.78 is 10.3. The van der Waals surface area contributed by atoms with Crippen molar-refractivity contribution >= 4 is 11.9 Å². The van der Waals surface area contributed by atoms with Crippen LogP contribution >= 0.6 is 0 Å². The Kier molecular flexibility index (Phi) is 5.95. The van der Waals surface area contributed by atoms with E-state index in [2.05, 4.69) is 10.1 Å². The van der Waals surface area contributed by atoms with Gasteiger partial charge in [0.25, 0.3) is 5.91 Å². The minimum Gasteiger partial charge on any atom is -0.483 e. The Labute approximate surface area is 141 Å². The zero-order valence-corrected chi connectivity index (χ0v) is 14.1. The van der Waals surface area contributed by atoms with E-state index in [-0.39, 0.29) is 18.5 Å². The van der Waals surface area contributed by atoms with Crippen molar-refractivity contribution in [2.24, 2.45) is 0 Å². The molecule has 0 saturated heterocycles. The standard InChI is InChI=1S/C19H21NO4/c1-13-5-4-6-14(2)18(13)24-12-17(21)20-11-15-7-9-16(10-8-15)19(22)23-3/h4-10H,11-12H2,1-3H3,(H,20,21). The molecule has 0 aromatic heterocycles. The van der Waals surface area contributed by atoms with Crippen molar-refractivity contribution in [3.05, 3.63) is 64.7 Å². The lowest BCUT2D eigenvalue weighted by atomic mass is 10.1. The largest absolute Gasteiger partial charge is 0.483 e. The SMILES string of the molecule is COC(=O)c1ccc(CNC(=O)COc2c(C)cccc2C)cc1. The maximum atomic E-state index is 11.9. The number of hydrogen-bond acceptors (Lipinski definition) is 4. The van der Waals surface area contributed by atoms with Crippen molar-refractivity contribution < 1.29 is 19.1 Å². The average molecular weight is 327 g/mol. The molecular formula is C19H21NO4. The molecule has 0 atom stereocenters. The topological polar surface area (TPSA) is 64.6 Å². The Hall–Kier alpha value is -2.82. The normalized spacial score (nSPS) is 10.1. The summed E-state index contributed by atoms with van der Waals surface area (Å²) in [5.74, 6) is 0.164. The highest BCUT2D eigenvalue weighted by Gasteiger charge is 2.08. The van der Waals surface area contributed by atoms with Crippen LogP contribution in [0.3, 0.4) is 0 Å². The highest BCUT2D eigenvalue weighted by molar-refractivity contribution is 5.89. The molecule has 1 amide bonds. The van der Waals surface area contributed by atoms with Gasteiger partial charge in [-0.2, -0.15) is 0 Å². The highest BCUT2D eigenvalue weighted by Crippen LogP contribution is 2.21. The molecule has 24 heavy (non-hydrogen) atoms. The van der Waals surface area contributed by atoms with E-state index >= 15 is 0 Å². The predicted octanol–water partition coefficient (Wildman–Crippen LogP) is 2.79. The summed E-state index contributed by atoms with van der Waals surface area (Å²) in [4.78, 5) is 23.3. The van der Waals surface area contributed by atoms with Crippen LogP contribution in [0.4, 0.5) is 0 Å². The van der Waals surface area contributed by atoms with E-state index in [0.29, 0.717) is 12.1 Å². The summed E-state index contributed by atoms with van der Waals surface area (Å²) in [6, 6.07) is 12.7. The molecule has 0 unspecified atom stereocenters. The van der Waals surface area contributed by atoms with Crippen LogP contribution in [0.25, 0.3) is 0 Å². The molecule has 2 aromatic carbocycles. The quantitative estimate of drug-likeness (QED) is 0.829. The van der Waals surface area contributed by atoms with Crippen LogP contribution in [0.5, 0.6) is 5.75 Å². The van der Waals surface area contributed by atoms with Crippen LogP contribution in [-0.2, 0) is 16.1 Å². The molecule has 1 N–H and O–H groups in total. The monoisotopic (exact) mass is 327 g/mol. The molecule has 0 aliphatic heterocycles. The number of carbonyl (C=O) groups is 2. The van der Waals surface area contributed by atoms with Gasteiger partial charge in [0.1, 0.15) is 5.75 Å². The van der Waals surface area contributed by atoms with Gasteiger partial charge in [0.15, 0.2) is 6.61 Å². The number of benzene rings is 2. The summed E-state index contributed by atoms with van der Waals surface area (Å²) in [5, 5.41) is 2.79. The first-order valence-corrected chi connectivity index (χ1v) is 7.64. The third-order valence-electron chi connectivity index (χ3n) is 3.62. The molecule has 0 heterocycles. The van der Waals surface area contributed by atoms with Crippen molar-refractivity contribution in [3.8, 4) is 5.75 Å². The summed E-state index contributed by atoms with van der Waals surface area (Å²) >= 11 is 0. The van der Waals surface area contributed by atoms with E-state index < -0.39 is 0 Å². The smallest absolute Gasteiger partial charge is 0.337 e. The van der Waals surface area contributed by atoms with Gasteiger partial charge in [0, 0.05) is 6.54 Å². The van der Waals surface area contributed by atoms with E-state index in [1.165, 1.54) is 7.11 Å². The first-order chi connectivity index (χ1) is 11.5. The van der Waals surface area contributed by atoms with Gasteiger partial charge >= 0.3 is 5.97 Å². The zero-order chi connectivity index (χ0) is 17.5. The average Bonchev–Trinajstić information content (AvgIpc) is 2.59. The number of ether oxygens (including phenoxy) is 2. The molecule has 0 saturated carbocycles. The number of nitrogens with one attached hydrogen (secondary N) is 1. The number of esters is 1. The van der Waals surface area contributed by atoms with E-state index in [4.69, 9.17) is 4.74 Å². The van der Waals surface area contributed by atoms with Crippen LogP contribution in [0.15, 0.2) is 42.5 Å². The second-order valence-electron chi connectivity index (χ2n) is 5.47. The predicted molar refractivity (Wildman–Crippen MR) is 91.0 cm³/mol. The highest BCUT2D eigenvalue weighted by atomic mass is 16.5. The lowest BCUT2D eigenvalue weighted by Gasteiger charge is -2.12. The van der Waals surface area contributed by atoms with Crippen LogP contribution in [-0.4, -0.2) is 25.6 Å². The van der Waals surface area contributed by atoms with Gasteiger partial charge in [-0.15, -0.1) is 0 Å². The summed E-state index contributed by atoms with van der Waals surface area (Å²) in [6.45, 7) is 4.23. The maximum Gasteiger partial charge on any atom is 0.337 e. The van der Waals surface area contributed by atoms with E-state index in [1.54, 1.807) is 24.3 Å². The van der Waals surface area contributed by atoms with Gasteiger partial charge in [0.2, 0.25) is 0 Å². The summed E-state index contributed by atoms with van der Waals surface area (Å²) in [6.07, 6.45) is 0. The van der Waals surface area contributed by atoms with Crippen LogP contribution in [0.1, 0.15) is 27.0 Å². The van der Waals surface area contributed by atoms with Gasteiger partial charge in [-0.3, -0.25) is 4.79 Å². The molecule has 2 rings (SSSR count). The fourth-order valence-electron chi connectivity index (χ4n) is 2.29. The molecule has 0 aliphatic rings. The second kappa shape index (κ2) is 8.15. The Morgan fingerprint density at radius 2 is 1.62 bits per heavy atom. The van der Waals surface area contributed by atoms with Gasteiger partial charge in [-0.25, -0.2) is 4.79 Å². The molecule has 5 heteroatoms. The lowest BCUT2D eigenvalue weighted by Crippen LogP contribution is -2.28. The minimum absolute atomic E-state index is 0.0358. The van der Waals surface area contributed by atoms with Crippen molar-refractivity contribution in [2.75, 3.05) is 13.7 Å². The molecule has 0 spiro atoms. The van der Waals surface area contributed by atoms with Crippen molar-refractivity contribution in [2.45, 2.75) is 20.4 Å². The Bertz CT molecular complexity index is 702. The zero-order valence-electron chi connectivity index (χ0n) is 14.1. The number of aryl methyl sites for hydroxylation is 2. The number of para-hydroxylation sites is 1. The molecule has 5 nitrogen and oxygen atoms in total. The van der Waals surface area contributed by atoms with E-state index in [9.17, 15) is 9.59 Å². The fraction of sp³-hybridized carbons (Fsp3) is 0.263. The van der Waals surface area contributed by atoms with Gasteiger partial charge in [-0.1, -0.05) is 30.3 Å². The lowest BCUT2D eigenvalue weighted by molar-refractivity contribution is -0.123. The molecule has 0 fully saturated rings. The van der Waals surface area contributed by atoms with Crippen LogP contribution < -0.4 is 10.1 Å². The van der Waals surface area contributed by atoms with E-state index in [0.717, 1.165) is 22.4 Å². The number of rotatable bonds is 6. The van der Waals surface area contributed by atoms with Crippen molar-refractivity contribution in [1.29, 1.82) is 0 Å². The Morgan fingerprint density at radius 1 is 1.00 bits per heavy atom. The third kappa shape index (κ3) is 4.59. The molecule has 0 radical (unpaired) electrons. The molecule has 2 aromatic rings.